The topological polar surface area (TPSA) is 230 Å². The number of hydrogen-bond acceptors (Lipinski definition) is 13. The van der Waals surface area contributed by atoms with E-state index in [9.17, 15) is 39.8 Å². The number of ether oxygens (including phenoxy) is 1. The van der Waals surface area contributed by atoms with Crippen LogP contribution in [0.4, 0.5) is 5.82 Å². The third kappa shape index (κ3) is 6.69. The standard InChI is InChI=1S/C17H25N3O11P.Y/c1-7(8-4-9(21)13(23)10(22)5-8)31-32(27,28)29-6-11-14(24)15(25)16(30-11)20-3-2-12(18)19-17(20)26;/h2-4,9-11,13-16,21-25H,5-6H2,1H3,(H,27,28)(H2,18,19,26);/q-1;/p-1/t9?,10?,11-,13+,14+,15?,16-;/m1./s1. The minimum absolute atomic E-state index is 0. The molecule has 1 aromatic rings. The van der Waals surface area contributed by atoms with Crippen molar-refractivity contribution in [3.05, 3.63) is 40.5 Å². The molecular weight excluding hydrogens is 542 g/mol. The molecule has 1 fully saturated rings. The van der Waals surface area contributed by atoms with Crippen molar-refractivity contribution in [3.8, 4) is 0 Å². The van der Waals surface area contributed by atoms with Gasteiger partial charge in [-0.05, 0) is 12.5 Å². The number of rotatable bonds is 7. The molecule has 2 aliphatic rings. The van der Waals surface area contributed by atoms with Gasteiger partial charge in [0.1, 0.15) is 24.1 Å². The summed E-state index contributed by atoms with van der Waals surface area (Å²) in [6.07, 6.45) is -8.03. The Kier molecular flexibility index (Phi) is 9.79. The van der Waals surface area contributed by atoms with Crippen LogP contribution in [0.1, 0.15) is 19.6 Å². The Morgan fingerprint density at radius 3 is 2.58 bits per heavy atom. The van der Waals surface area contributed by atoms with Gasteiger partial charge >= 0.3 is 5.69 Å². The zero-order valence-corrected chi connectivity index (χ0v) is 21.1. The second-order valence-corrected chi connectivity index (χ2v) is 8.76. The summed E-state index contributed by atoms with van der Waals surface area (Å²) in [4.78, 5) is 27.6. The molecule has 0 saturated carbocycles. The summed E-state index contributed by atoms with van der Waals surface area (Å²) in [6.45, 7) is 0.515. The van der Waals surface area contributed by atoms with E-state index in [4.69, 9.17) is 19.5 Å². The fourth-order valence-corrected chi connectivity index (χ4v) is 4.18. The van der Waals surface area contributed by atoms with Gasteiger partial charge in [-0.3, -0.25) is 9.13 Å². The van der Waals surface area contributed by atoms with Gasteiger partial charge in [-0.2, -0.15) is 16.6 Å². The van der Waals surface area contributed by atoms with Gasteiger partial charge in [-0.25, -0.2) is 4.79 Å². The van der Waals surface area contributed by atoms with Gasteiger partial charge in [0.2, 0.25) is 0 Å². The summed E-state index contributed by atoms with van der Waals surface area (Å²) in [5.74, 6) is -0.0575. The maximum atomic E-state index is 12.2. The minimum Gasteiger partial charge on any atom is -0.757 e. The fourth-order valence-electron chi connectivity index (χ4n) is 3.34. The van der Waals surface area contributed by atoms with Gasteiger partial charge < -0.3 is 49.9 Å². The van der Waals surface area contributed by atoms with Crippen LogP contribution >= 0.6 is 7.82 Å². The first-order chi connectivity index (χ1) is 14.9. The molecule has 0 aromatic carbocycles. The molecule has 16 heteroatoms. The van der Waals surface area contributed by atoms with E-state index in [0.29, 0.717) is 0 Å². The number of phosphoric acid groups is 1. The zero-order chi connectivity index (χ0) is 23.8. The summed E-state index contributed by atoms with van der Waals surface area (Å²) in [6, 6.07) is 1.28. The van der Waals surface area contributed by atoms with Crippen molar-refractivity contribution in [2.45, 2.75) is 56.2 Å². The van der Waals surface area contributed by atoms with Crippen molar-refractivity contribution < 1.29 is 81.5 Å². The fraction of sp³-hybridized carbons (Fsp3) is 0.588. The van der Waals surface area contributed by atoms with Gasteiger partial charge in [0.05, 0.1) is 18.8 Å². The molecule has 14 nitrogen and oxygen atoms in total. The van der Waals surface area contributed by atoms with Gasteiger partial charge in [-0.15, -0.1) is 0 Å². The van der Waals surface area contributed by atoms with Crippen LogP contribution in [0.15, 0.2) is 28.7 Å². The molecule has 1 aromatic heterocycles. The van der Waals surface area contributed by atoms with Crippen molar-refractivity contribution in [3.63, 3.8) is 0 Å². The number of aliphatic hydroxyl groups excluding tert-OH is 5. The first-order valence-corrected chi connectivity index (χ1v) is 11.0. The first-order valence-electron chi connectivity index (χ1n) is 9.50. The number of anilines is 1. The maximum absolute atomic E-state index is 12.2. The number of hydrogen-bond donors (Lipinski definition) is 6. The number of nitrogen functional groups attached to an aromatic ring is 1. The van der Waals surface area contributed by atoms with Crippen LogP contribution in [0.3, 0.4) is 0 Å². The van der Waals surface area contributed by atoms with E-state index < -0.39 is 63.0 Å². The molecule has 1 aliphatic heterocycles. The minimum atomic E-state index is -5.00. The molecule has 183 valence electrons. The number of aliphatic hydroxyl groups is 5. The average molecular weight is 566 g/mol. The van der Waals surface area contributed by atoms with E-state index in [0.717, 1.165) is 10.6 Å². The van der Waals surface area contributed by atoms with Crippen LogP contribution in [-0.4, -0.2) is 78.3 Å². The van der Waals surface area contributed by atoms with Crippen LogP contribution in [0.25, 0.3) is 0 Å². The Morgan fingerprint density at radius 1 is 1.30 bits per heavy atom. The molecule has 0 spiro atoms. The van der Waals surface area contributed by atoms with E-state index in [2.05, 4.69) is 4.98 Å². The predicted octanol–water partition coefficient (Wildman–Crippen LogP) is -3.09. The Balaban J connectivity index is 0.00000385. The van der Waals surface area contributed by atoms with E-state index in [1.54, 1.807) is 0 Å². The van der Waals surface area contributed by atoms with Crippen molar-refractivity contribution in [2.75, 3.05) is 12.3 Å². The monoisotopic (exact) mass is 566 g/mol. The quantitative estimate of drug-likeness (QED) is 0.142. The van der Waals surface area contributed by atoms with Gasteiger partial charge in [-0.1, -0.05) is 13.0 Å². The Morgan fingerprint density at radius 2 is 1.97 bits per heavy atom. The summed E-state index contributed by atoms with van der Waals surface area (Å²) >= 11 is 0. The summed E-state index contributed by atoms with van der Waals surface area (Å²) in [5.41, 5.74) is 4.71. The second kappa shape index (κ2) is 11.3. The van der Waals surface area contributed by atoms with Crippen LogP contribution in [-0.2, 0) is 51.1 Å². The van der Waals surface area contributed by atoms with E-state index >= 15 is 0 Å². The first kappa shape index (κ1) is 28.5. The number of nitrogens with two attached hydrogens (primary N) is 1. The molecule has 8 atom stereocenters. The summed E-state index contributed by atoms with van der Waals surface area (Å²) < 4.78 is 28.0. The van der Waals surface area contributed by atoms with E-state index in [-0.39, 0.29) is 56.6 Å². The maximum Gasteiger partial charge on any atom is 0.351 e. The summed E-state index contributed by atoms with van der Waals surface area (Å²) in [5, 5.41) is 49.3. The van der Waals surface area contributed by atoms with Gasteiger partial charge in [0, 0.05) is 45.0 Å². The normalized spacial score (nSPS) is 33.7. The summed E-state index contributed by atoms with van der Waals surface area (Å²) in [7, 11) is -5.00. The number of aromatic nitrogens is 2. The molecule has 33 heavy (non-hydrogen) atoms. The van der Waals surface area contributed by atoms with Crippen LogP contribution in [0.2, 0.25) is 0 Å². The smallest absolute Gasteiger partial charge is 0.351 e. The van der Waals surface area contributed by atoms with Crippen molar-refractivity contribution >= 4 is 13.6 Å². The third-order valence-corrected chi connectivity index (χ3v) is 6.07. The molecule has 1 aliphatic carbocycles. The molecule has 0 amide bonds. The average Bonchev–Trinajstić information content (AvgIpc) is 2.98. The Hall–Kier alpha value is -0.736. The van der Waals surface area contributed by atoms with E-state index in [1.165, 1.54) is 19.2 Å². The zero-order valence-electron chi connectivity index (χ0n) is 17.4. The van der Waals surface area contributed by atoms with Crippen LogP contribution in [0, 0.1) is 6.10 Å². The Labute approximate surface area is 213 Å². The largest absolute Gasteiger partial charge is 0.757 e. The molecule has 2 heterocycles. The van der Waals surface area contributed by atoms with Crippen molar-refractivity contribution in [2.24, 2.45) is 0 Å². The molecule has 3 rings (SSSR count). The SMILES string of the molecule is C[C-](OP(=O)([O-])OC[C@H]1O[C@@H](n2ccc(N)nc2=O)C(O)[C@H]1O)C1=CC(O)[C@H](O)C(O)C1.[Y]. The van der Waals surface area contributed by atoms with Gasteiger partial charge in [0.25, 0.3) is 7.82 Å². The number of phosphoric ester groups is 1. The predicted molar refractivity (Wildman–Crippen MR) is 103 cm³/mol. The van der Waals surface area contributed by atoms with Gasteiger partial charge in [0.15, 0.2) is 6.23 Å². The van der Waals surface area contributed by atoms with E-state index in [1.807, 2.05) is 0 Å². The molecule has 4 unspecified atom stereocenters. The molecular formula is C17H24N3O11PY-2. The third-order valence-electron chi connectivity index (χ3n) is 5.11. The molecule has 7 N–H and O–H groups in total. The molecule has 0 bridgehead atoms. The van der Waals surface area contributed by atoms with Crippen molar-refractivity contribution in [1.29, 1.82) is 0 Å². The van der Waals surface area contributed by atoms with Crippen LogP contribution in [0.5, 0.6) is 0 Å². The Bertz CT molecular complexity index is 962. The second-order valence-electron chi connectivity index (χ2n) is 7.42. The molecule has 1 saturated heterocycles. The molecule has 1 radical (unpaired) electrons. The van der Waals surface area contributed by atoms with Crippen LogP contribution < -0.4 is 16.3 Å². The van der Waals surface area contributed by atoms with Crippen molar-refractivity contribution in [1.82, 2.24) is 9.55 Å². The number of nitrogens with zero attached hydrogens (tertiary/aromatic N) is 2.